The number of hydrogen-bond acceptors (Lipinski definition) is 3. The molecule has 0 aliphatic heterocycles. The summed E-state index contributed by atoms with van der Waals surface area (Å²) in [6.07, 6.45) is 0.751. The van der Waals surface area contributed by atoms with Crippen LogP contribution in [0.1, 0.15) is 23.5 Å². The third kappa shape index (κ3) is 3.87. The number of thiophene rings is 1. The lowest BCUT2D eigenvalue weighted by Gasteiger charge is -2.05. The molecule has 0 aliphatic rings. The average Bonchev–Trinajstić information content (AvgIpc) is 2.83. The number of rotatable bonds is 5. The Morgan fingerprint density at radius 1 is 1.24 bits per heavy atom. The second-order valence-electron chi connectivity index (χ2n) is 3.92. The van der Waals surface area contributed by atoms with Crippen LogP contribution < -0.4 is 0 Å². The van der Waals surface area contributed by atoms with Crippen LogP contribution >= 0.6 is 23.1 Å². The maximum atomic E-state index is 9.41. The van der Waals surface area contributed by atoms with Crippen LogP contribution in [0.15, 0.2) is 46.7 Å². The molecule has 3 heteroatoms. The van der Waals surface area contributed by atoms with Gasteiger partial charge in [-0.05, 0) is 42.5 Å². The van der Waals surface area contributed by atoms with Crippen LogP contribution in [0, 0.1) is 0 Å². The van der Waals surface area contributed by atoms with Gasteiger partial charge in [0.2, 0.25) is 0 Å². The second kappa shape index (κ2) is 6.24. The van der Waals surface area contributed by atoms with E-state index in [-0.39, 0.29) is 6.10 Å². The Morgan fingerprint density at radius 2 is 2.00 bits per heavy atom. The molecule has 1 N–H and O–H groups in total. The highest BCUT2D eigenvalue weighted by Crippen LogP contribution is 2.22. The number of aliphatic hydroxyl groups excluding tert-OH is 1. The molecule has 0 aliphatic carbocycles. The highest BCUT2D eigenvalue weighted by molar-refractivity contribution is 7.99. The third-order valence-corrected chi connectivity index (χ3v) is 4.51. The van der Waals surface area contributed by atoms with Crippen molar-refractivity contribution in [3.05, 3.63) is 52.2 Å². The summed E-state index contributed by atoms with van der Waals surface area (Å²) in [5.41, 5.74) is 0.979. The topological polar surface area (TPSA) is 20.2 Å². The van der Waals surface area contributed by atoms with E-state index in [1.807, 2.05) is 35.2 Å². The standard InChI is InChI=1S/C14H16OS2/c1-11(15)12-4-6-14(7-5-12)17-10-8-13-3-2-9-16-13/h2-7,9,11,15H,8,10H2,1H3. The Labute approximate surface area is 111 Å². The smallest absolute Gasteiger partial charge is 0.0761 e. The van der Waals surface area contributed by atoms with Gasteiger partial charge < -0.3 is 5.11 Å². The van der Waals surface area contributed by atoms with Crippen LogP contribution in [-0.2, 0) is 6.42 Å². The van der Waals surface area contributed by atoms with Crippen LogP contribution in [0.5, 0.6) is 0 Å². The van der Waals surface area contributed by atoms with E-state index < -0.39 is 0 Å². The molecule has 1 aromatic carbocycles. The monoisotopic (exact) mass is 264 g/mol. The lowest BCUT2D eigenvalue weighted by atomic mass is 10.1. The maximum Gasteiger partial charge on any atom is 0.0761 e. The zero-order chi connectivity index (χ0) is 12.1. The normalized spacial score (nSPS) is 12.6. The summed E-state index contributed by atoms with van der Waals surface area (Å²) in [6.45, 7) is 1.79. The molecule has 0 spiro atoms. The largest absolute Gasteiger partial charge is 0.389 e. The van der Waals surface area contributed by atoms with Crippen LogP contribution in [0.25, 0.3) is 0 Å². The Balaban J connectivity index is 1.83. The van der Waals surface area contributed by atoms with Crippen molar-refractivity contribution in [2.45, 2.75) is 24.3 Å². The Kier molecular flexibility index (Phi) is 4.66. The highest BCUT2D eigenvalue weighted by Gasteiger charge is 2.01. The van der Waals surface area contributed by atoms with Gasteiger partial charge >= 0.3 is 0 Å². The molecule has 1 unspecified atom stereocenters. The van der Waals surface area contributed by atoms with Gasteiger partial charge in [0.15, 0.2) is 0 Å². The quantitative estimate of drug-likeness (QED) is 0.819. The fraction of sp³-hybridized carbons (Fsp3) is 0.286. The number of hydrogen-bond donors (Lipinski definition) is 1. The van der Waals surface area contributed by atoms with Crippen LogP contribution in [0.3, 0.4) is 0 Å². The van der Waals surface area contributed by atoms with Gasteiger partial charge in [0, 0.05) is 15.5 Å². The van der Waals surface area contributed by atoms with Crippen molar-refractivity contribution < 1.29 is 5.11 Å². The SMILES string of the molecule is CC(O)c1ccc(SCCc2cccs2)cc1. The molecule has 0 bridgehead atoms. The van der Waals surface area contributed by atoms with Crippen molar-refractivity contribution in [2.75, 3.05) is 5.75 Å². The van der Waals surface area contributed by atoms with Gasteiger partial charge in [-0.25, -0.2) is 0 Å². The van der Waals surface area contributed by atoms with Gasteiger partial charge in [0.25, 0.3) is 0 Å². The molecule has 0 saturated carbocycles. The predicted molar refractivity (Wildman–Crippen MR) is 75.8 cm³/mol. The summed E-state index contributed by atoms with van der Waals surface area (Å²) in [5.74, 6) is 1.11. The number of aryl methyl sites for hydroxylation is 1. The maximum absolute atomic E-state index is 9.41. The molecule has 90 valence electrons. The summed E-state index contributed by atoms with van der Waals surface area (Å²) in [6, 6.07) is 12.4. The molecule has 0 amide bonds. The van der Waals surface area contributed by atoms with E-state index in [1.54, 1.807) is 6.92 Å². The minimum atomic E-state index is -0.375. The minimum Gasteiger partial charge on any atom is -0.389 e. The lowest BCUT2D eigenvalue weighted by Crippen LogP contribution is -1.90. The summed E-state index contributed by atoms with van der Waals surface area (Å²) >= 11 is 3.68. The molecule has 1 heterocycles. The van der Waals surface area contributed by atoms with Crippen molar-refractivity contribution in [1.29, 1.82) is 0 Å². The minimum absolute atomic E-state index is 0.375. The number of thioether (sulfide) groups is 1. The molecule has 0 radical (unpaired) electrons. The fourth-order valence-corrected chi connectivity index (χ4v) is 3.29. The summed E-state index contributed by atoms with van der Waals surface area (Å²) in [4.78, 5) is 2.71. The van der Waals surface area contributed by atoms with E-state index in [4.69, 9.17) is 0 Å². The van der Waals surface area contributed by atoms with Gasteiger partial charge in [-0.1, -0.05) is 18.2 Å². The molecule has 17 heavy (non-hydrogen) atoms. The highest BCUT2D eigenvalue weighted by atomic mass is 32.2. The number of aliphatic hydroxyl groups is 1. The van der Waals surface area contributed by atoms with Crippen molar-refractivity contribution in [3.8, 4) is 0 Å². The van der Waals surface area contributed by atoms with E-state index in [0.717, 1.165) is 17.7 Å². The molecular weight excluding hydrogens is 248 g/mol. The van der Waals surface area contributed by atoms with Gasteiger partial charge in [0.1, 0.15) is 0 Å². The zero-order valence-corrected chi connectivity index (χ0v) is 11.4. The van der Waals surface area contributed by atoms with Crippen molar-refractivity contribution in [2.24, 2.45) is 0 Å². The second-order valence-corrected chi connectivity index (χ2v) is 6.12. The summed E-state index contributed by atoms with van der Waals surface area (Å²) in [5, 5.41) is 11.5. The van der Waals surface area contributed by atoms with E-state index in [1.165, 1.54) is 9.77 Å². The Hall–Kier alpha value is -0.770. The van der Waals surface area contributed by atoms with E-state index >= 15 is 0 Å². The van der Waals surface area contributed by atoms with Gasteiger partial charge in [0.05, 0.1) is 6.10 Å². The summed E-state index contributed by atoms with van der Waals surface area (Å²) < 4.78 is 0. The Morgan fingerprint density at radius 3 is 2.59 bits per heavy atom. The fourth-order valence-electron chi connectivity index (χ4n) is 1.57. The average molecular weight is 264 g/mol. The van der Waals surface area contributed by atoms with Crippen LogP contribution in [0.4, 0.5) is 0 Å². The molecule has 2 rings (SSSR count). The number of benzene rings is 1. The van der Waals surface area contributed by atoms with E-state index in [9.17, 15) is 5.11 Å². The molecule has 1 aromatic heterocycles. The molecule has 0 saturated heterocycles. The van der Waals surface area contributed by atoms with Gasteiger partial charge in [-0.2, -0.15) is 0 Å². The first-order valence-corrected chi connectivity index (χ1v) is 7.55. The van der Waals surface area contributed by atoms with Crippen molar-refractivity contribution in [1.82, 2.24) is 0 Å². The molecule has 2 aromatic rings. The van der Waals surface area contributed by atoms with Crippen LogP contribution in [0.2, 0.25) is 0 Å². The lowest BCUT2D eigenvalue weighted by molar-refractivity contribution is 0.199. The third-order valence-electron chi connectivity index (χ3n) is 2.56. The van der Waals surface area contributed by atoms with E-state index in [2.05, 4.69) is 29.6 Å². The van der Waals surface area contributed by atoms with Crippen LogP contribution in [-0.4, -0.2) is 10.9 Å². The summed E-state index contributed by atoms with van der Waals surface area (Å²) in [7, 11) is 0. The zero-order valence-electron chi connectivity index (χ0n) is 9.80. The van der Waals surface area contributed by atoms with E-state index in [0.29, 0.717) is 0 Å². The Bertz CT molecular complexity index is 432. The first-order chi connectivity index (χ1) is 8.25. The predicted octanol–water partition coefficient (Wildman–Crippen LogP) is 4.14. The first-order valence-electron chi connectivity index (χ1n) is 5.69. The van der Waals surface area contributed by atoms with Gasteiger partial charge in [-0.3, -0.25) is 0 Å². The molecule has 0 fully saturated rings. The molecule has 1 atom stereocenters. The first kappa shape index (κ1) is 12.7. The molecule has 1 nitrogen and oxygen atoms in total. The molecular formula is C14H16OS2. The van der Waals surface area contributed by atoms with Gasteiger partial charge in [-0.15, -0.1) is 23.1 Å². The van der Waals surface area contributed by atoms with Crippen molar-refractivity contribution in [3.63, 3.8) is 0 Å². The van der Waals surface area contributed by atoms with Crippen molar-refractivity contribution >= 4 is 23.1 Å².